The third kappa shape index (κ3) is 35.6. The quantitative estimate of drug-likeness (QED) is 0.00453. The average Bonchev–Trinajstić information content (AvgIpc) is 1.67. The lowest BCUT2D eigenvalue weighted by molar-refractivity contribution is -0.133. The number of thioether (sulfide) groups is 2. The number of halogens is 6. The van der Waals surface area contributed by atoms with Crippen molar-refractivity contribution in [3.05, 3.63) is 251 Å². The molecule has 4 saturated heterocycles. The number of alkyl carbamates (subject to hydrolysis) is 1. The summed E-state index contributed by atoms with van der Waals surface area (Å²) in [5.74, 6) is -3.51. The largest absolute Gasteiger partial charge is 0.518 e. The Balaban J connectivity index is 0.000000414. The summed E-state index contributed by atoms with van der Waals surface area (Å²) in [6, 6.07) is 51.2. The highest BCUT2D eigenvalue weighted by molar-refractivity contribution is 8.00. The number of aliphatic hydroxyl groups excluding tert-OH is 1. The van der Waals surface area contributed by atoms with E-state index in [-0.39, 0.29) is 129 Å². The van der Waals surface area contributed by atoms with Crippen LogP contribution in [0.4, 0.5) is 18.0 Å². The fourth-order valence-electron chi connectivity index (χ4n) is 13.4. The van der Waals surface area contributed by atoms with E-state index in [9.17, 15) is 50.7 Å². The molecule has 0 spiro atoms. The van der Waals surface area contributed by atoms with Crippen LogP contribution in [0.5, 0.6) is 0 Å². The van der Waals surface area contributed by atoms with Crippen molar-refractivity contribution in [3.8, 4) is 0 Å². The number of allylic oxidation sites excluding steroid dienone is 3. The Labute approximate surface area is 786 Å². The van der Waals surface area contributed by atoms with E-state index in [0.29, 0.717) is 22.3 Å². The number of rotatable bonds is 25. The maximum atomic E-state index is 12.7. The third-order valence-electron chi connectivity index (χ3n) is 19.3. The number of aliphatic hydroxyl groups is 1. The first-order valence-electron chi connectivity index (χ1n) is 39.8. The zero-order valence-corrected chi connectivity index (χ0v) is 80.2. The summed E-state index contributed by atoms with van der Waals surface area (Å²) in [7, 11) is -5.67. The second-order valence-corrected chi connectivity index (χ2v) is 37.6. The fourth-order valence-corrected chi connectivity index (χ4v) is 16.4. The Hall–Kier alpha value is -8.65. The molecule has 6 aromatic carbocycles. The van der Waals surface area contributed by atoms with Crippen LogP contribution in [0.2, 0.25) is 0 Å². The van der Waals surface area contributed by atoms with Crippen LogP contribution in [-0.2, 0) is 57.4 Å². The van der Waals surface area contributed by atoms with E-state index in [1.807, 2.05) is 124 Å². The molecule has 38 heteroatoms. The van der Waals surface area contributed by atoms with Crippen molar-refractivity contribution in [2.24, 2.45) is 33.2 Å². The van der Waals surface area contributed by atoms with Crippen LogP contribution >= 0.6 is 85.3 Å². The van der Waals surface area contributed by atoms with Crippen LogP contribution in [0.15, 0.2) is 226 Å². The van der Waals surface area contributed by atoms with Gasteiger partial charge in [-0.15, -0.1) is 4.40 Å². The van der Waals surface area contributed by atoms with Crippen molar-refractivity contribution in [1.82, 2.24) is 21.3 Å². The number of sulfonamides is 1. The molecule has 27 nitrogen and oxygen atoms in total. The first kappa shape index (κ1) is 114. The number of carbonyl (C=O) groups is 5. The van der Waals surface area contributed by atoms with Gasteiger partial charge in [-0.1, -0.05) is 233 Å². The van der Waals surface area contributed by atoms with Gasteiger partial charge in [0, 0.05) is 73.6 Å². The van der Waals surface area contributed by atoms with Crippen LogP contribution < -0.4 is 21.3 Å². The number of azide groups is 1. The Kier molecular flexibility index (Phi) is 46.5. The topological polar surface area (TPSA) is 365 Å². The molecule has 8 unspecified atom stereocenters. The summed E-state index contributed by atoms with van der Waals surface area (Å²) < 4.78 is 115. The van der Waals surface area contributed by atoms with Crippen LogP contribution in [-0.4, -0.2) is 167 Å². The number of nitrogens with zero attached hydrogens (tertiary/aromatic N) is 4. The van der Waals surface area contributed by atoms with E-state index in [0.717, 1.165) is 33.8 Å². The molecular formula is C90H119Cl3F3N9O18S5. The number of benzene rings is 6. The number of amides is 1. The number of hydrogen-bond acceptors (Lipinski definition) is 25. The van der Waals surface area contributed by atoms with Crippen LogP contribution in [0.25, 0.3) is 10.4 Å². The van der Waals surface area contributed by atoms with E-state index in [4.69, 9.17) is 93.1 Å². The first-order valence-corrected chi connectivity index (χ1v) is 44.1. The molecule has 4 aliphatic heterocycles. The van der Waals surface area contributed by atoms with Gasteiger partial charge in [0.1, 0.15) is 34.5 Å². The molecule has 4 heterocycles. The van der Waals surface area contributed by atoms with Gasteiger partial charge in [-0.3, -0.25) is 10.7 Å². The standard InChI is InChI=1S/C24H29NO3S.C21H23N3O3S.C19H23Cl3N2O4.C17H23NO4.C8H13F3N2O4S.CH4.2H2S/c1-15(2)25-18(5)21-17(4)22(27-23(26)19-9-7-6-8-10-19)24(28-21)29-20-13-11-16(3)12-14-20;1-13-9-11-17(12-10-13)28-21-19(14(2)18(27-21)15(3)23-24-22)26-20(25)16-7-5-4-6-8-16;1-10(2)24-12(4)14-11(3)15(17(27-14)28-18(23)19(20,21)22)26-16(25)13-8-6-5-7-9-13;1-10(2)18-12(4)14-11(3)15(17(20)21-14)22-16(19)13-8-6-5-7-9-13;1-5(12-6(14)17-7(2,3)4)13-18(15,16)8(9,10)11;;;/h6-14,17-18,21-22,24-25H,1H2,2-5H3;4-12,14-15,18-19,21H,1-3H3;5-9,11-12,14-15,17,23-24H,1H2,2-4H3;5-9,11-12,14-15,17-18,20H,1H2,2-4H3;1-4H3,(H,12,13,14);1H4;2*1H2/t17-,18?,21-,22?,24-;14-,15?,18-,19?,21-;11-,12?,14-,15?,17-;11-,12?,14-,15?,17+;;;;/m0000..../s1. The number of aryl methyl sites for hydroxylation is 2. The smallest absolute Gasteiger partial charge is 0.455 e. The maximum Gasteiger partial charge on any atom is 0.518 e. The minimum absolute atomic E-state index is 0. The number of hydrogen-bond donors (Lipinski definition) is 6. The molecule has 6 aromatic rings. The lowest BCUT2D eigenvalue weighted by atomic mass is 9.95. The molecule has 0 saturated carbocycles. The lowest BCUT2D eigenvalue weighted by Gasteiger charge is -2.25. The lowest BCUT2D eigenvalue weighted by Crippen LogP contribution is -2.40. The molecule has 0 bridgehead atoms. The van der Waals surface area contributed by atoms with Crippen molar-refractivity contribution >= 4 is 137 Å². The van der Waals surface area contributed by atoms with Gasteiger partial charge in [-0.2, -0.15) is 48.6 Å². The molecule has 20 atom stereocenters. The highest BCUT2D eigenvalue weighted by Crippen LogP contribution is 2.44. The minimum Gasteiger partial charge on any atom is -0.455 e. The van der Waals surface area contributed by atoms with Gasteiger partial charge < -0.3 is 68.4 Å². The van der Waals surface area contributed by atoms with Crippen molar-refractivity contribution in [2.75, 3.05) is 0 Å². The summed E-state index contributed by atoms with van der Waals surface area (Å²) >= 11 is 20.2. The fraction of sp³-hybridized carbons (Fsp3) is 0.456. The Morgan fingerprint density at radius 3 is 1.17 bits per heavy atom. The normalized spacial score (nSPS) is 23.6. The van der Waals surface area contributed by atoms with Crippen molar-refractivity contribution < 1.29 is 98.0 Å². The van der Waals surface area contributed by atoms with Gasteiger partial charge in [-0.05, 0) is 161 Å². The summed E-state index contributed by atoms with van der Waals surface area (Å²) in [5, 5.41) is 33.1. The number of esters is 4. The van der Waals surface area contributed by atoms with Gasteiger partial charge >= 0.3 is 45.5 Å². The molecule has 4 fully saturated rings. The van der Waals surface area contributed by atoms with E-state index in [1.165, 1.54) is 43.7 Å². The summed E-state index contributed by atoms with van der Waals surface area (Å²) in [4.78, 5) is 66.1. The van der Waals surface area contributed by atoms with Crippen LogP contribution in [0.1, 0.15) is 164 Å². The molecule has 6 N–H and O–H groups in total. The van der Waals surface area contributed by atoms with Crippen molar-refractivity contribution in [2.45, 2.75) is 246 Å². The highest BCUT2D eigenvalue weighted by Gasteiger charge is 2.53. The molecule has 1 amide bonds. The zero-order valence-electron chi connectivity index (χ0n) is 73.5. The van der Waals surface area contributed by atoms with Crippen LogP contribution in [0.3, 0.4) is 0 Å². The van der Waals surface area contributed by atoms with Gasteiger partial charge in [-0.25, -0.2) is 24.0 Å². The van der Waals surface area contributed by atoms with E-state index in [1.54, 1.807) is 108 Å². The second-order valence-electron chi connectivity index (χ2n) is 31.4. The molecule has 704 valence electrons. The molecule has 128 heavy (non-hydrogen) atoms. The number of alkyl halides is 6. The number of carbonyl (C=O) groups excluding carboxylic acids is 5. The molecular weight excluding hydrogens is 1820 g/mol. The van der Waals surface area contributed by atoms with Gasteiger partial charge in [0.05, 0.1) is 52.7 Å². The Morgan fingerprint density at radius 1 is 0.523 bits per heavy atom. The molecule has 4 aliphatic rings. The number of ether oxygens (including phenoxy) is 10. The first-order chi connectivity index (χ1) is 58.5. The monoisotopic (exact) mass is 1940 g/mol. The second kappa shape index (κ2) is 52.4. The number of nitrogens with one attached hydrogen (secondary N) is 5. The number of amidine groups is 1. The molecule has 0 aliphatic carbocycles. The Morgan fingerprint density at radius 2 is 0.836 bits per heavy atom. The van der Waals surface area contributed by atoms with Gasteiger partial charge in [0.25, 0.3) is 3.79 Å². The van der Waals surface area contributed by atoms with Crippen molar-refractivity contribution in [3.63, 3.8) is 0 Å². The average molecular weight is 1940 g/mol. The van der Waals surface area contributed by atoms with E-state index >= 15 is 0 Å². The molecule has 0 aromatic heterocycles. The predicted octanol–water partition coefficient (Wildman–Crippen LogP) is 19.7. The van der Waals surface area contributed by atoms with E-state index in [2.05, 4.69) is 95.1 Å². The summed E-state index contributed by atoms with van der Waals surface area (Å²) in [6.07, 6.45) is -6.69. The predicted molar refractivity (Wildman–Crippen MR) is 505 cm³/mol. The minimum atomic E-state index is -5.67. The van der Waals surface area contributed by atoms with Crippen molar-refractivity contribution in [1.29, 1.82) is 5.41 Å². The molecule has 10 rings (SSSR count). The summed E-state index contributed by atoms with van der Waals surface area (Å²) in [6.45, 7) is 42.3. The highest BCUT2D eigenvalue weighted by atomic mass is 35.6. The summed E-state index contributed by atoms with van der Waals surface area (Å²) in [5.41, 5.74) is 8.50. The zero-order chi connectivity index (χ0) is 93.2. The van der Waals surface area contributed by atoms with Crippen LogP contribution in [0, 0.1) is 42.9 Å². The third-order valence-corrected chi connectivity index (χ3v) is 23.2. The van der Waals surface area contributed by atoms with Gasteiger partial charge in [0.15, 0.2) is 18.5 Å². The SMILES string of the molecule is C.C=C(C)NC(C)[C@H]1O[C@@H](O)C(OC(=O)c2ccccc2)[C@H]1C.C=C(C)NC(C)[C@H]1O[C@@H](OC(=N)C(Cl)(Cl)Cl)C(OC(=O)c2ccccc2)[C@H]1C.C=C(C)NC(C)[C@H]1O[C@@H](Sc2ccc(C)cc2)C(OC(=O)c2ccccc2)[C@H]1C.CC(=NS(=O)(=O)C(F)(F)F)NC(=O)OC(C)(C)C.Cc1ccc(S[C@@H]2O[C@H](C(C)N=[N+]=[N-])[C@H](C)C2OC(=O)c2ccccc2)cc1.S.S. The van der Waals surface area contributed by atoms with Gasteiger partial charge in [0.2, 0.25) is 12.2 Å². The Bertz CT molecular complexity index is 4790. The van der Waals surface area contributed by atoms with E-state index < -0.39 is 91.7 Å². The molecule has 0 radical (unpaired) electrons. The maximum absolute atomic E-state index is 12.7.